The van der Waals surface area contributed by atoms with E-state index in [-0.39, 0.29) is 11.1 Å². The summed E-state index contributed by atoms with van der Waals surface area (Å²) < 4.78 is 53.3. The van der Waals surface area contributed by atoms with Crippen LogP contribution in [-0.2, 0) is 0 Å². The molecule has 0 unspecified atom stereocenters. The van der Waals surface area contributed by atoms with Crippen molar-refractivity contribution in [3.63, 3.8) is 0 Å². The van der Waals surface area contributed by atoms with Crippen LogP contribution in [0.4, 0.5) is 17.6 Å². The summed E-state index contributed by atoms with van der Waals surface area (Å²) in [5.74, 6) is -0.961. The molecule has 2 nitrogen and oxygen atoms in total. The molecule has 18 heavy (non-hydrogen) atoms. The first-order valence-corrected chi connectivity index (χ1v) is 4.91. The van der Waals surface area contributed by atoms with Crippen molar-refractivity contribution in [1.29, 1.82) is 0 Å². The van der Waals surface area contributed by atoms with Gasteiger partial charge in [-0.15, -0.1) is 13.2 Å². The number of benzene rings is 1. The third-order valence-corrected chi connectivity index (χ3v) is 2.15. The zero-order valence-electron chi connectivity index (χ0n) is 8.91. The average molecular weight is 257 g/mol. The van der Waals surface area contributed by atoms with Crippen LogP contribution in [0.5, 0.6) is 5.75 Å². The molecule has 0 N–H and O–H groups in total. The van der Waals surface area contributed by atoms with E-state index in [0.717, 1.165) is 18.2 Å². The summed E-state index contributed by atoms with van der Waals surface area (Å²) in [6.07, 6.45) is -2.27. The molecule has 2 aromatic rings. The SMILES string of the molecule is Fc1ccncc1-c1cccc(OC(F)(F)F)c1. The number of nitrogens with zero attached hydrogens (tertiary/aromatic N) is 1. The van der Waals surface area contributed by atoms with Gasteiger partial charge in [-0.05, 0) is 23.8 Å². The van der Waals surface area contributed by atoms with E-state index in [9.17, 15) is 17.6 Å². The Kier molecular flexibility index (Phi) is 3.18. The molecule has 2 rings (SSSR count). The molecule has 0 radical (unpaired) electrons. The molecule has 1 aromatic carbocycles. The summed E-state index contributed by atoms with van der Waals surface area (Å²) in [5.41, 5.74) is 0.382. The van der Waals surface area contributed by atoms with E-state index in [1.54, 1.807) is 0 Å². The normalized spacial score (nSPS) is 11.3. The van der Waals surface area contributed by atoms with Crippen molar-refractivity contribution in [2.24, 2.45) is 0 Å². The van der Waals surface area contributed by atoms with Gasteiger partial charge in [-0.2, -0.15) is 0 Å². The van der Waals surface area contributed by atoms with E-state index < -0.39 is 17.9 Å². The first-order chi connectivity index (χ1) is 8.46. The van der Waals surface area contributed by atoms with Gasteiger partial charge in [0.15, 0.2) is 0 Å². The van der Waals surface area contributed by atoms with Gasteiger partial charge in [0.25, 0.3) is 0 Å². The van der Waals surface area contributed by atoms with Crippen LogP contribution in [0.3, 0.4) is 0 Å². The van der Waals surface area contributed by atoms with Crippen LogP contribution >= 0.6 is 0 Å². The second-order valence-corrected chi connectivity index (χ2v) is 3.43. The minimum absolute atomic E-state index is 0.116. The fourth-order valence-electron chi connectivity index (χ4n) is 1.45. The monoisotopic (exact) mass is 257 g/mol. The summed E-state index contributed by atoms with van der Waals surface area (Å²) in [5, 5.41) is 0. The molecule has 0 atom stereocenters. The van der Waals surface area contributed by atoms with Crippen molar-refractivity contribution in [3.05, 3.63) is 48.5 Å². The van der Waals surface area contributed by atoms with Crippen LogP contribution in [0.15, 0.2) is 42.7 Å². The highest BCUT2D eigenvalue weighted by Gasteiger charge is 2.31. The van der Waals surface area contributed by atoms with E-state index in [1.165, 1.54) is 24.5 Å². The number of alkyl halides is 3. The number of ether oxygens (including phenoxy) is 1. The number of halogens is 4. The van der Waals surface area contributed by atoms with Gasteiger partial charge in [-0.3, -0.25) is 4.98 Å². The summed E-state index contributed by atoms with van der Waals surface area (Å²) in [7, 11) is 0. The maximum absolute atomic E-state index is 13.4. The zero-order chi connectivity index (χ0) is 13.2. The third kappa shape index (κ3) is 2.97. The highest BCUT2D eigenvalue weighted by atomic mass is 19.4. The van der Waals surface area contributed by atoms with Gasteiger partial charge in [-0.1, -0.05) is 12.1 Å². The Balaban J connectivity index is 2.36. The lowest BCUT2D eigenvalue weighted by molar-refractivity contribution is -0.274. The molecule has 0 aliphatic carbocycles. The molecule has 1 heterocycles. The largest absolute Gasteiger partial charge is 0.573 e. The number of pyridine rings is 1. The number of rotatable bonds is 2. The molecule has 94 valence electrons. The van der Waals surface area contributed by atoms with E-state index in [0.29, 0.717) is 0 Å². The van der Waals surface area contributed by atoms with Gasteiger partial charge in [0.05, 0.1) is 0 Å². The minimum Gasteiger partial charge on any atom is -0.406 e. The van der Waals surface area contributed by atoms with Crippen molar-refractivity contribution in [2.75, 3.05) is 0 Å². The van der Waals surface area contributed by atoms with Gasteiger partial charge in [0.2, 0.25) is 0 Å². The van der Waals surface area contributed by atoms with Gasteiger partial charge in [0, 0.05) is 18.0 Å². The first-order valence-electron chi connectivity index (χ1n) is 4.91. The number of aromatic nitrogens is 1. The van der Waals surface area contributed by atoms with Gasteiger partial charge < -0.3 is 4.74 Å². The van der Waals surface area contributed by atoms with Crippen molar-refractivity contribution >= 4 is 0 Å². The van der Waals surface area contributed by atoms with Crippen LogP contribution < -0.4 is 4.74 Å². The quantitative estimate of drug-likeness (QED) is 0.764. The lowest BCUT2D eigenvalue weighted by Crippen LogP contribution is -2.17. The minimum atomic E-state index is -4.77. The van der Waals surface area contributed by atoms with Crippen molar-refractivity contribution in [1.82, 2.24) is 4.98 Å². The van der Waals surface area contributed by atoms with Crippen molar-refractivity contribution < 1.29 is 22.3 Å². The third-order valence-electron chi connectivity index (χ3n) is 2.15. The lowest BCUT2D eigenvalue weighted by atomic mass is 10.1. The molecule has 0 saturated carbocycles. The second kappa shape index (κ2) is 4.64. The molecular weight excluding hydrogens is 250 g/mol. The predicted molar refractivity (Wildman–Crippen MR) is 56.3 cm³/mol. The first kappa shape index (κ1) is 12.3. The Morgan fingerprint density at radius 3 is 2.56 bits per heavy atom. The second-order valence-electron chi connectivity index (χ2n) is 3.43. The lowest BCUT2D eigenvalue weighted by Gasteiger charge is -2.10. The van der Waals surface area contributed by atoms with Crippen molar-refractivity contribution in [2.45, 2.75) is 6.36 Å². The molecule has 1 aromatic heterocycles. The summed E-state index contributed by atoms with van der Waals surface area (Å²) >= 11 is 0. The Labute approximate surface area is 99.8 Å². The molecule has 6 heteroatoms. The zero-order valence-corrected chi connectivity index (χ0v) is 8.91. The average Bonchev–Trinajstić information content (AvgIpc) is 2.27. The van der Waals surface area contributed by atoms with Gasteiger partial charge in [0.1, 0.15) is 11.6 Å². The summed E-state index contributed by atoms with van der Waals surface area (Å²) in [4.78, 5) is 3.72. The van der Waals surface area contributed by atoms with E-state index in [1.807, 2.05) is 0 Å². The standard InChI is InChI=1S/C12H7F4NO/c13-11-4-5-17-7-10(11)8-2-1-3-9(6-8)18-12(14,15)16/h1-7H. The van der Waals surface area contributed by atoms with E-state index in [2.05, 4.69) is 9.72 Å². The predicted octanol–water partition coefficient (Wildman–Crippen LogP) is 3.79. The highest BCUT2D eigenvalue weighted by molar-refractivity contribution is 5.64. The Morgan fingerprint density at radius 1 is 1.11 bits per heavy atom. The van der Waals surface area contributed by atoms with Crippen LogP contribution in [-0.4, -0.2) is 11.3 Å². The number of hydrogen-bond acceptors (Lipinski definition) is 2. The van der Waals surface area contributed by atoms with Crippen LogP contribution in [0.2, 0.25) is 0 Å². The highest BCUT2D eigenvalue weighted by Crippen LogP contribution is 2.28. The van der Waals surface area contributed by atoms with Gasteiger partial charge >= 0.3 is 6.36 Å². The van der Waals surface area contributed by atoms with Gasteiger partial charge in [-0.25, -0.2) is 4.39 Å². The maximum atomic E-state index is 13.4. The summed E-state index contributed by atoms with van der Waals surface area (Å²) in [6, 6.07) is 6.21. The Hall–Kier alpha value is -2.11. The Bertz CT molecular complexity index is 554. The van der Waals surface area contributed by atoms with E-state index in [4.69, 9.17) is 0 Å². The molecule has 0 amide bonds. The van der Waals surface area contributed by atoms with Crippen LogP contribution in [0.25, 0.3) is 11.1 Å². The van der Waals surface area contributed by atoms with E-state index >= 15 is 0 Å². The smallest absolute Gasteiger partial charge is 0.406 e. The van der Waals surface area contributed by atoms with Crippen LogP contribution in [0.1, 0.15) is 0 Å². The topological polar surface area (TPSA) is 22.1 Å². The Morgan fingerprint density at radius 2 is 1.89 bits per heavy atom. The summed E-state index contributed by atoms with van der Waals surface area (Å²) in [6.45, 7) is 0. The molecule has 0 aliphatic rings. The molecular formula is C12H7F4NO. The molecule has 0 aliphatic heterocycles. The molecule has 0 bridgehead atoms. The van der Waals surface area contributed by atoms with Crippen LogP contribution in [0, 0.1) is 5.82 Å². The molecule has 0 fully saturated rings. The van der Waals surface area contributed by atoms with Crippen molar-refractivity contribution in [3.8, 4) is 16.9 Å². The molecule has 0 spiro atoms. The number of hydrogen-bond donors (Lipinski definition) is 0. The maximum Gasteiger partial charge on any atom is 0.573 e. The fourth-order valence-corrected chi connectivity index (χ4v) is 1.45. The fraction of sp³-hybridized carbons (Fsp3) is 0.0833. The molecule has 0 saturated heterocycles.